The van der Waals surface area contributed by atoms with Crippen LogP contribution in [0.15, 0.2) is 46.1 Å². The number of carbonyl (C=O) groups excluding carboxylic acids is 1. The molecule has 9 heteroatoms. The largest absolute Gasteiger partial charge is 0.360 e. The first-order valence-corrected chi connectivity index (χ1v) is 8.97. The standard InChI is InChI=1S/C17H20N6O2S/c1-11-10-13(20-25-11)18-15(24)14(12-8-6-5-7-9-12)26-16-19-21-22-23(16)17(2,3)4/h5-10,14H,1-4H3,(H,18,20,24). The number of hydrogen-bond acceptors (Lipinski definition) is 7. The number of carbonyl (C=O) groups is 1. The Balaban J connectivity index is 1.89. The molecule has 26 heavy (non-hydrogen) atoms. The van der Waals surface area contributed by atoms with Crippen LogP contribution in [0.4, 0.5) is 5.82 Å². The molecule has 0 aliphatic heterocycles. The van der Waals surface area contributed by atoms with Gasteiger partial charge in [0.1, 0.15) is 11.0 Å². The van der Waals surface area contributed by atoms with Crippen molar-refractivity contribution in [1.29, 1.82) is 0 Å². The first-order chi connectivity index (χ1) is 12.3. The lowest BCUT2D eigenvalue weighted by atomic mass is 10.1. The second-order valence-electron chi connectivity index (χ2n) is 6.76. The number of nitrogens with one attached hydrogen (secondary N) is 1. The van der Waals surface area contributed by atoms with E-state index in [2.05, 4.69) is 26.0 Å². The maximum absolute atomic E-state index is 12.9. The fraction of sp³-hybridized carbons (Fsp3) is 0.353. The SMILES string of the molecule is Cc1cc(NC(=O)C(Sc2nnnn2C(C)(C)C)c2ccccc2)no1. The number of tetrazole rings is 1. The molecular formula is C17H20N6O2S. The minimum Gasteiger partial charge on any atom is -0.360 e. The van der Waals surface area contributed by atoms with E-state index in [0.717, 1.165) is 5.56 Å². The molecule has 2 heterocycles. The van der Waals surface area contributed by atoms with Crippen LogP contribution >= 0.6 is 11.8 Å². The van der Waals surface area contributed by atoms with E-state index in [1.165, 1.54) is 11.8 Å². The number of hydrogen-bond donors (Lipinski definition) is 1. The van der Waals surface area contributed by atoms with Crippen LogP contribution in [0, 0.1) is 6.92 Å². The minimum absolute atomic E-state index is 0.224. The zero-order valence-electron chi connectivity index (χ0n) is 15.0. The van der Waals surface area contributed by atoms with E-state index in [1.807, 2.05) is 51.1 Å². The van der Waals surface area contributed by atoms with Crippen molar-refractivity contribution >= 4 is 23.5 Å². The maximum atomic E-state index is 12.9. The molecule has 0 saturated carbocycles. The molecule has 3 rings (SSSR count). The van der Waals surface area contributed by atoms with Gasteiger partial charge in [0.05, 0.1) is 5.54 Å². The molecule has 0 aliphatic carbocycles. The van der Waals surface area contributed by atoms with Gasteiger partial charge >= 0.3 is 0 Å². The summed E-state index contributed by atoms with van der Waals surface area (Å²) in [6, 6.07) is 11.2. The van der Waals surface area contributed by atoms with E-state index < -0.39 is 5.25 Å². The van der Waals surface area contributed by atoms with Gasteiger partial charge in [0, 0.05) is 6.07 Å². The summed E-state index contributed by atoms with van der Waals surface area (Å²) < 4.78 is 6.72. The van der Waals surface area contributed by atoms with Crippen molar-refractivity contribution in [3.63, 3.8) is 0 Å². The number of amides is 1. The van der Waals surface area contributed by atoms with Crippen LogP contribution in [0.25, 0.3) is 0 Å². The highest BCUT2D eigenvalue weighted by molar-refractivity contribution is 8.00. The molecule has 0 bridgehead atoms. The Morgan fingerprint density at radius 1 is 1.27 bits per heavy atom. The number of anilines is 1. The lowest BCUT2D eigenvalue weighted by Crippen LogP contribution is -2.25. The fourth-order valence-corrected chi connectivity index (χ4v) is 3.46. The van der Waals surface area contributed by atoms with Gasteiger partial charge < -0.3 is 9.84 Å². The van der Waals surface area contributed by atoms with Crippen molar-refractivity contribution < 1.29 is 9.32 Å². The van der Waals surface area contributed by atoms with Gasteiger partial charge in [0.25, 0.3) is 0 Å². The van der Waals surface area contributed by atoms with E-state index in [1.54, 1.807) is 17.7 Å². The quantitative estimate of drug-likeness (QED) is 0.687. The molecular weight excluding hydrogens is 352 g/mol. The van der Waals surface area contributed by atoms with Crippen molar-refractivity contribution in [3.05, 3.63) is 47.7 Å². The number of rotatable bonds is 5. The molecule has 0 radical (unpaired) electrons. The van der Waals surface area contributed by atoms with Crippen LogP contribution in [0.1, 0.15) is 37.3 Å². The van der Waals surface area contributed by atoms with Crippen molar-refractivity contribution in [2.45, 2.75) is 43.6 Å². The van der Waals surface area contributed by atoms with Crippen molar-refractivity contribution in [2.75, 3.05) is 5.32 Å². The molecule has 8 nitrogen and oxygen atoms in total. The Labute approximate surface area is 155 Å². The van der Waals surface area contributed by atoms with E-state index >= 15 is 0 Å². The molecule has 0 fully saturated rings. The Kier molecular flexibility index (Phi) is 5.08. The molecule has 1 atom stereocenters. The number of nitrogens with zero attached hydrogens (tertiary/aromatic N) is 5. The van der Waals surface area contributed by atoms with Crippen molar-refractivity contribution in [1.82, 2.24) is 25.4 Å². The second-order valence-corrected chi connectivity index (χ2v) is 7.84. The van der Waals surface area contributed by atoms with E-state index in [0.29, 0.717) is 16.7 Å². The van der Waals surface area contributed by atoms with Crippen LogP contribution in [0.3, 0.4) is 0 Å². The van der Waals surface area contributed by atoms with E-state index in [4.69, 9.17) is 4.52 Å². The topological polar surface area (TPSA) is 98.7 Å². The zero-order chi connectivity index (χ0) is 18.7. The lowest BCUT2D eigenvalue weighted by molar-refractivity contribution is -0.115. The maximum Gasteiger partial charge on any atom is 0.243 e. The second kappa shape index (κ2) is 7.28. The summed E-state index contributed by atoms with van der Waals surface area (Å²) in [5, 5.41) is 18.6. The van der Waals surface area contributed by atoms with Gasteiger partial charge in [-0.1, -0.05) is 47.3 Å². The molecule has 2 aromatic heterocycles. The van der Waals surface area contributed by atoms with E-state index in [9.17, 15) is 4.79 Å². The molecule has 0 spiro atoms. The fourth-order valence-electron chi connectivity index (χ4n) is 2.30. The van der Waals surface area contributed by atoms with Gasteiger partial charge in [-0.15, -0.1) is 5.10 Å². The van der Waals surface area contributed by atoms with Gasteiger partial charge in [-0.25, -0.2) is 4.68 Å². The number of aromatic nitrogens is 5. The van der Waals surface area contributed by atoms with Crippen molar-refractivity contribution in [2.24, 2.45) is 0 Å². The average Bonchev–Trinajstić information content (AvgIpc) is 3.22. The normalized spacial score (nSPS) is 12.8. The predicted molar refractivity (Wildman–Crippen MR) is 97.7 cm³/mol. The molecule has 1 N–H and O–H groups in total. The van der Waals surface area contributed by atoms with Gasteiger partial charge in [-0.3, -0.25) is 4.79 Å². The minimum atomic E-state index is -0.541. The van der Waals surface area contributed by atoms with Crippen LogP contribution in [-0.2, 0) is 10.3 Å². The molecule has 1 aromatic carbocycles. The molecule has 136 valence electrons. The molecule has 3 aromatic rings. The monoisotopic (exact) mass is 372 g/mol. The third kappa shape index (κ3) is 4.10. The smallest absolute Gasteiger partial charge is 0.243 e. The van der Waals surface area contributed by atoms with Crippen LogP contribution in [-0.4, -0.2) is 31.3 Å². The van der Waals surface area contributed by atoms with Crippen LogP contribution < -0.4 is 5.32 Å². The van der Waals surface area contributed by atoms with Gasteiger partial charge in [-0.05, 0) is 43.7 Å². The average molecular weight is 372 g/mol. The zero-order valence-corrected chi connectivity index (χ0v) is 15.8. The highest BCUT2D eigenvalue weighted by Gasteiger charge is 2.28. The third-order valence-electron chi connectivity index (χ3n) is 3.52. The Morgan fingerprint density at radius 3 is 2.62 bits per heavy atom. The van der Waals surface area contributed by atoms with Gasteiger partial charge in [0.2, 0.25) is 11.1 Å². The first-order valence-electron chi connectivity index (χ1n) is 8.09. The summed E-state index contributed by atoms with van der Waals surface area (Å²) in [5.74, 6) is 0.781. The summed E-state index contributed by atoms with van der Waals surface area (Å²) in [4.78, 5) is 12.9. The Bertz CT molecular complexity index is 884. The highest BCUT2D eigenvalue weighted by Crippen LogP contribution is 2.36. The number of thioether (sulfide) groups is 1. The molecule has 0 aliphatic rings. The highest BCUT2D eigenvalue weighted by atomic mass is 32.2. The lowest BCUT2D eigenvalue weighted by Gasteiger charge is -2.21. The van der Waals surface area contributed by atoms with Crippen molar-refractivity contribution in [3.8, 4) is 0 Å². The predicted octanol–water partition coefficient (Wildman–Crippen LogP) is 3.20. The summed E-state index contributed by atoms with van der Waals surface area (Å²) in [6.45, 7) is 7.78. The Hall–Kier alpha value is -2.68. The molecule has 1 amide bonds. The summed E-state index contributed by atoms with van der Waals surface area (Å²) >= 11 is 1.29. The number of benzene rings is 1. The number of aryl methyl sites for hydroxylation is 1. The van der Waals surface area contributed by atoms with Crippen LogP contribution in [0.2, 0.25) is 0 Å². The summed E-state index contributed by atoms with van der Waals surface area (Å²) in [6.07, 6.45) is 0. The third-order valence-corrected chi connectivity index (χ3v) is 4.71. The molecule has 0 saturated heterocycles. The summed E-state index contributed by atoms with van der Waals surface area (Å²) in [7, 11) is 0. The molecule has 1 unspecified atom stereocenters. The van der Waals surface area contributed by atoms with Gasteiger partial charge in [0.15, 0.2) is 5.82 Å². The van der Waals surface area contributed by atoms with E-state index in [-0.39, 0.29) is 11.4 Å². The first kappa shape index (κ1) is 18.1. The van der Waals surface area contributed by atoms with Gasteiger partial charge in [-0.2, -0.15) is 0 Å². The summed E-state index contributed by atoms with van der Waals surface area (Å²) in [5.41, 5.74) is 0.547. The Morgan fingerprint density at radius 2 is 2.00 bits per heavy atom. The van der Waals surface area contributed by atoms with Crippen LogP contribution in [0.5, 0.6) is 0 Å².